The third kappa shape index (κ3) is 4.84. The van der Waals surface area contributed by atoms with E-state index in [0.29, 0.717) is 12.4 Å². The van der Waals surface area contributed by atoms with E-state index >= 15 is 0 Å². The molecule has 100 valence electrons. The number of nitrogens with zero attached hydrogens (tertiary/aromatic N) is 2. The van der Waals surface area contributed by atoms with Gasteiger partial charge in [-0.2, -0.15) is 0 Å². The Morgan fingerprint density at radius 1 is 1.39 bits per heavy atom. The van der Waals surface area contributed by atoms with Gasteiger partial charge in [0, 0.05) is 19.3 Å². The molecule has 0 unspecified atom stereocenters. The Labute approximate surface area is 109 Å². The van der Waals surface area contributed by atoms with Crippen LogP contribution in [0.25, 0.3) is 0 Å². The number of unbranched alkanes of at least 4 members (excludes halogenated alkanes) is 2. The molecular weight excluding hydrogens is 228 g/mol. The molecule has 0 fully saturated rings. The zero-order valence-electron chi connectivity index (χ0n) is 11.5. The van der Waals surface area contributed by atoms with Crippen LogP contribution >= 0.6 is 0 Å². The van der Waals surface area contributed by atoms with Crippen LogP contribution in [-0.4, -0.2) is 31.2 Å². The molecule has 18 heavy (non-hydrogen) atoms. The first-order chi connectivity index (χ1) is 8.65. The Kier molecular flexibility index (Phi) is 6.36. The van der Waals surface area contributed by atoms with Crippen molar-refractivity contribution < 1.29 is 9.53 Å². The van der Waals surface area contributed by atoms with E-state index in [1.54, 1.807) is 7.05 Å². The first kappa shape index (κ1) is 14.6. The van der Waals surface area contributed by atoms with Crippen molar-refractivity contribution in [1.82, 2.24) is 4.98 Å². The summed E-state index contributed by atoms with van der Waals surface area (Å²) in [4.78, 5) is 17.7. The van der Waals surface area contributed by atoms with Gasteiger partial charge in [0.25, 0.3) is 5.91 Å². The molecule has 0 bridgehead atoms. The lowest BCUT2D eigenvalue weighted by Gasteiger charge is -2.16. The summed E-state index contributed by atoms with van der Waals surface area (Å²) in [6.45, 7) is 4.82. The maximum atomic E-state index is 11.8. The molecule has 0 radical (unpaired) electrons. The Bertz CT molecular complexity index is 380. The number of aromatic nitrogens is 1. The van der Waals surface area contributed by atoms with Gasteiger partial charge in [-0.3, -0.25) is 9.69 Å². The molecule has 0 aliphatic heterocycles. The monoisotopic (exact) mass is 250 g/mol. The van der Waals surface area contributed by atoms with Gasteiger partial charge < -0.3 is 4.74 Å². The van der Waals surface area contributed by atoms with Gasteiger partial charge >= 0.3 is 0 Å². The third-order valence-electron chi connectivity index (χ3n) is 2.71. The highest BCUT2D eigenvalue weighted by molar-refractivity contribution is 5.92. The van der Waals surface area contributed by atoms with Crippen LogP contribution in [0.1, 0.15) is 31.9 Å². The van der Waals surface area contributed by atoms with Crippen molar-refractivity contribution in [3.63, 3.8) is 0 Å². The van der Waals surface area contributed by atoms with Crippen LogP contribution in [0.2, 0.25) is 0 Å². The second-order valence-electron chi connectivity index (χ2n) is 4.35. The number of carbonyl (C=O) groups excluding carboxylic acids is 1. The molecule has 0 aliphatic carbocycles. The Morgan fingerprint density at radius 2 is 2.17 bits per heavy atom. The lowest BCUT2D eigenvalue weighted by atomic mass is 10.3. The van der Waals surface area contributed by atoms with E-state index in [0.717, 1.165) is 25.0 Å². The van der Waals surface area contributed by atoms with Gasteiger partial charge in [-0.15, -0.1) is 0 Å². The number of ether oxygens (including phenoxy) is 1. The topological polar surface area (TPSA) is 42.4 Å². The van der Waals surface area contributed by atoms with E-state index in [-0.39, 0.29) is 12.5 Å². The number of likely N-dealkylation sites (N-methyl/N-ethyl adjacent to an activating group) is 1. The number of aryl methyl sites for hydroxylation is 1. The minimum Gasteiger partial charge on any atom is -0.372 e. The lowest BCUT2D eigenvalue weighted by Crippen LogP contribution is -2.31. The highest BCUT2D eigenvalue weighted by Gasteiger charge is 2.11. The van der Waals surface area contributed by atoms with Crippen LogP contribution in [0, 0.1) is 6.92 Å². The van der Waals surface area contributed by atoms with E-state index in [1.165, 1.54) is 4.90 Å². The quantitative estimate of drug-likeness (QED) is 0.698. The van der Waals surface area contributed by atoms with Crippen LogP contribution in [0.15, 0.2) is 18.2 Å². The van der Waals surface area contributed by atoms with Crippen LogP contribution in [-0.2, 0) is 9.53 Å². The molecule has 1 heterocycles. The summed E-state index contributed by atoms with van der Waals surface area (Å²) in [5, 5.41) is 0. The number of rotatable bonds is 7. The summed E-state index contributed by atoms with van der Waals surface area (Å²) < 4.78 is 5.35. The number of pyridine rings is 1. The Morgan fingerprint density at radius 3 is 2.83 bits per heavy atom. The molecule has 0 spiro atoms. The molecule has 1 rings (SSSR count). The van der Waals surface area contributed by atoms with Gasteiger partial charge in [0.15, 0.2) is 0 Å². The fourth-order valence-corrected chi connectivity index (χ4v) is 1.55. The maximum absolute atomic E-state index is 11.8. The lowest BCUT2D eigenvalue weighted by molar-refractivity contribution is -0.122. The zero-order valence-corrected chi connectivity index (χ0v) is 11.5. The van der Waals surface area contributed by atoms with Crippen LogP contribution < -0.4 is 4.90 Å². The molecule has 4 heteroatoms. The molecular formula is C14H22N2O2. The summed E-state index contributed by atoms with van der Waals surface area (Å²) >= 11 is 0. The van der Waals surface area contributed by atoms with Gasteiger partial charge in [-0.25, -0.2) is 4.98 Å². The standard InChI is InChI=1S/C14H22N2O2/c1-4-5-6-10-18-11-14(17)16(3)13-9-7-8-12(2)15-13/h7-9H,4-6,10-11H2,1-3H3. The van der Waals surface area contributed by atoms with E-state index in [2.05, 4.69) is 11.9 Å². The van der Waals surface area contributed by atoms with Gasteiger partial charge in [-0.1, -0.05) is 25.8 Å². The predicted octanol–water partition coefficient (Wildman–Crippen LogP) is 2.56. The van der Waals surface area contributed by atoms with Gasteiger partial charge in [0.05, 0.1) is 0 Å². The molecule has 0 atom stereocenters. The average molecular weight is 250 g/mol. The van der Waals surface area contributed by atoms with E-state index in [4.69, 9.17) is 4.74 Å². The van der Waals surface area contributed by atoms with Crippen molar-refractivity contribution in [2.24, 2.45) is 0 Å². The normalized spacial score (nSPS) is 10.4. The molecule has 0 N–H and O–H groups in total. The average Bonchev–Trinajstić information content (AvgIpc) is 2.37. The first-order valence-corrected chi connectivity index (χ1v) is 6.43. The van der Waals surface area contributed by atoms with Crippen LogP contribution in [0.4, 0.5) is 5.82 Å². The fourth-order valence-electron chi connectivity index (χ4n) is 1.55. The summed E-state index contributed by atoms with van der Waals surface area (Å²) in [5.41, 5.74) is 0.899. The molecule has 0 aliphatic rings. The molecule has 4 nitrogen and oxygen atoms in total. The number of anilines is 1. The maximum Gasteiger partial charge on any atom is 0.253 e. The summed E-state index contributed by atoms with van der Waals surface area (Å²) in [5.74, 6) is 0.599. The van der Waals surface area contributed by atoms with Crippen molar-refractivity contribution in [1.29, 1.82) is 0 Å². The molecule has 0 saturated carbocycles. The Hall–Kier alpha value is -1.42. The number of hydrogen-bond donors (Lipinski definition) is 0. The van der Waals surface area contributed by atoms with Crippen molar-refractivity contribution in [2.75, 3.05) is 25.2 Å². The zero-order chi connectivity index (χ0) is 13.4. The van der Waals surface area contributed by atoms with Crippen molar-refractivity contribution >= 4 is 11.7 Å². The molecule has 1 aromatic rings. The summed E-state index contributed by atoms with van der Waals surface area (Å²) in [6, 6.07) is 5.62. The van der Waals surface area contributed by atoms with Gasteiger partial charge in [-0.05, 0) is 25.5 Å². The van der Waals surface area contributed by atoms with Gasteiger partial charge in [0.1, 0.15) is 12.4 Å². The van der Waals surface area contributed by atoms with Gasteiger partial charge in [0.2, 0.25) is 0 Å². The molecule has 0 aromatic carbocycles. The first-order valence-electron chi connectivity index (χ1n) is 6.43. The minimum atomic E-state index is -0.0652. The predicted molar refractivity (Wildman–Crippen MR) is 72.7 cm³/mol. The number of carbonyl (C=O) groups is 1. The van der Waals surface area contributed by atoms with E-state index in [1.807, 2.05) is 25.1 Å². The summed E-state index contributed by atoms with van der Waals surface area (Å²) in [7, 11) is 1.72. The van der Waals surface area contributed by atoms with Crippen molar-refractivity contribution in [2.45, 2.75) is 33.1 Å². The molecule has 1 amide bonds. The smallest absolute Gasteiger partial charge is 0.253 e. The number of amides is 1. The van der Waals surface area contributed by atoms with Crippen molar-refractivity contribution in [3.05, 3.63) is 23.9 Å². The summed E-state index contributed by atoms with van der Waals surface area (Å²) in [6.07, 6.45) is 3.31. The third-order valence-corrected chi connectivity index (χ3v) is 2.71. The van der Waals surface area contributed by atoms with E-state index < -0.39 is 0 Å². The fraction of sp³-hybridized carbons (Fsp3) is 0.571. The molecule has 0 saturated heterocycles. The number of hydrogen-bond acceptors (Lipinski definition) is 3. The second-order valence-corrected chi connectivity index (χ2v) is 4.35. The minimum absolute atomic E-state index is 0.0652. The highest BCUT2D eigenvalue weighted by atomic mass is 16.5. The van der Waals surface area contributed by atoms with Crippen LogP contribution in [0.3, 0.4) is 0 Å². The van der Waals surface area contributed by atoms with Crippen LogP contribution in [0.5, 0.6) is 0 Å². The van der Waals surface area contributed by atoms with E-state index in [9.17, 15) is 4.79 Å². The highest BCUT2D eigenvalue weighted by Crippen LogP contribution is 2.09. The Balaban J connectivity index is 2.37. The molecule has 1 aromatic heterocycles. The SMILES string of the molecule is CCCCCOCC(=O)N(C)c1cccc(C)n1. The largest absolute Gasteiger partial charge is 0.372 e. The second kappa shape index (κ2) is 7.82. The van der Waals surface area contributed by atoms with Crippen molar-refractivity contribution in [3.8, 4) is 0 Å².